The van der Waals surface area contributed by atoms with Crippen molar-refractivity contribution in [2.24, 2.45) is 0 Å². The Morgan fingerprint density at radius 2 is 1.52 bits per heavy atom. The summed E-state index contributed by atoms with van der Waals surface area (Å²) >= 11 is 0. The average Bonchev–Trinajstić information content (AvgIpc) is 3.17. The zero-order chi connectivity index (χ0) is 21.6. The van der Waals surface area contributed by atoms with Crippen LogP contribution in [-0.4, -0.2) is 34.0 Å². The molecule has 0 saturated carbocycles. The molecule has 4 rings (SSSR count). The molecule has 5 heteroatoms. The molecule has 0 bridgehead atoms. The molecule has 0 spiro atoms. The highest BCUT2D eigenvalue weighted by molar-refractivity contribution is 5.78. The van der Waals surface area contributed by atoms with Crippen molar-refractivity contribution < 1.29 is 9.53 Å². The van der Waals surface area contributed by atoms with E-state index in [0.717, 1.165) is 34.5 Å². The number of benzene rings is 3. The molecule has 3 aromatic carbocycles. The number of hydrogen-bond acceptors (Lipinski definition) is 3. The minimum Gasteiger partial charge on any atom is -0.359 e. The van der Waals surface area contributed by atoms with Crippen LogP contribution in [0.3, 0.4) is 0 Å². The molecule has 1 heterocycles. The van der Waals surface area contributed by atoms with E-state index >= 15 is 0 Å². The van der Waals surface area contributed by atoms with Crippen LogP contribution in [0.1, 0.15) is 30.0 Å². The van der Waals surface area contributed by atoms with Crippen LogP contribution in [-0.2, 0) is 22.6 Å². The molecule has 0 radical (unpaired) electrons. The molecule has 0 fully saturated rings. The molecule has 0 aliphatic rings. The van der Waals surface area contributed by atoms with Gasteiger partial charge in [0.05, 0.1) is 17.6 Å². The number of rotatable bonds is 8. The van der Waals surface area contributed by atoms with Crippen LogP contribution in [0.25, 0.3) is 11.0 Å². The molecule has 0 aliphatic heterocycles. The maximum Gasteiger partial charge on any atom is 0.248 e. The molecule has 1 aromatic heterocycles. The second-order valence-corrected chi connectivity index (χ2v) is 7.52. The van der Waals surface area contributed by atoms with Gasteiger partial charge in [-0.05, 0) is 30.2 Å². The smallest absolute Gasteiger partial charge is 0.248 e. The Balaban J connectivity index is 1.47. The number of nitrogens with zero attached hydrogens (tertiary/aromatic N) is 3. The van der Waals surface area contributed by atoms with Gasteiger partial charge in [0, 0.05) is 13.6 Å². The predicted molar refractivity (Wildman–Crippen MR) is 123 cm³/mol. The van der Waals surface area contributed by atoms with E-state index in [0.29, 0.717) is 6.54 Å². The van der Waals surface area contributed by atoms with Gasteiger partial charge in [-0.15, -0.1) is 0 Å². The highest BCUT2D eigenvalue weighted by Crippen LogP contribution is 2.26. The van der Waals surface area contributed by atoms with E-state index < -0.39 is 0 Å². The molecule has 1 amide bonds. The minimum absolute atomic E-state index is 0.00267. The second kappa shape index (κ2) is 9.58. The normalized spacial score (nSPS) is 11.2. The fourth-order valence-corrected chi connectivity index (χ4v) is 3.80. The number of carbonyl (C=O) groups is 1. The number of imidazole rings is 1. The lowest BCUT2D eigenvalue weighted by atomic mass is 10.0. The van der Waals surface area contributed by atoms with Gasteiger partial charge in [-0.2, -0.15) is 0 Å². The fourth-order valence-electron chi connectivity index (χ4n) is 3.80. The molecule has 0 saturated heterocycles. The van der Waals surface area contributed by atoms with Gasteiger partial charge in [0.1, 0.15) is 18.5 Å². The lowest BCUT2D eigenvalue weighted by Crippen LogP contribution is -2.31. The molecular formula is C26H27N3O2. The fraction of sp³-hybridized carbons (Fsp3) is 0.231. The zero-order valence-electron chi connectivity index (χ0n) is 17.9. The Morgan fingerprint density at radius 3 is 2.13 bits per heavy atom. The van der Waals surface area contributed by atoms with E-state index in [-0.39, 0.29) is 18.6 Å². The lowest BCUT2D eigenvalue weighted by molar-refractivity contribution is -0.136. The number of hydrogen-bond donors (Lipinski definition) is 0. The van der Waals surface area contributed by atoms with Crippen molar-refractivity contribution >= 4 is 16.9 Å². The van der Waals surface area contributed by atoms with E-state index in [4.69, 9.17) is 9.72 Å². The van der Waals surface area contributed by atoms with Crippen LogP contribution in [0, 0.1) is 0 Å². The van der Waals surface area contributed by atoms with Crippen LogP contribution < -0.4 is 0 Å². The Kier molecular flexibility index (Phi) is 6.43. The van der Waals surface area contributed by atoms with E-state index in [1.165, 1.54) is 0 Å². The minimum atomic E-state index is -0.292. The number of fused-ring (bicyclic) bond motifs is 1. The number of carbonyl (C=O) groups excluding carboxylic acids is 1. The van der Waals surface area contributed by atoms with Gasteiger partial charge in [-0.1, -0.05) is 72.8 Å². The summed E-state index contributed by atoms with van der Waals surface area (Å²) in [6.07, 6.45) is -0.292. The van der Waals surface area contributed by atoms with Gasteiger partial charge in [-0.25, -0.2) is 4.98 Å². The number of aromatic nitrogens is 2. The molecule has 0 aliphatic carbocycles. The molecule has 31 heavy (non-hydrogen) atoms. The van der Waals surface area contributed by atoms with Crippen LogP contribution in [0.2, 0.25) is 0 Å². The standard InChI is InChI=1S/C26H27N3O2/c1-3-29-23-17-11-10-16-22(23)27-24(29)18-28(2)25(30)19-31-26(20-12-6-4-7-13-20)21-14-8-5-9-15-21/h4-17,26H,3,18-19H2,1-2H3. The first-order chi connectivity index (χ1) is 15.2. The molecule has 0 atom stereocenters. The van der Waals surface area contributed by atoms with Crippen LogP contribution in [0.5, 0.6) is 0 Å². The quantitative estimate of drug-likeness (QED) is 0.416. The van der Waals surface area contributed by atoms with Gasteiger partial charge < -0.3 is 14.2 Å². The average molecular weight is 414 g/mol. The van der Waals surface area contributed by atoms with Gasteiger partial charge in [0.15, 0.2) is 0 Å². The van der Waals surface area contributed by atoms with Crippen LogP contribution in [0.15, 0.2) is 84.9 Å². The SMILES string of the molecule is CCn1c(CN(C)C(=O)COC(c2ccccc2)c2ccccc2)nc2ccccc21. The van der Waals surface area contributed by atoms with Crippen molar-refractivity contribution in [1.29, 1.82) is 0 Å². The van der Waals surface area contributed by atoms with Crippen molar-refractivity contribution in [1.82, 2.24) is 14.5 Å². The monoisotopic (exact) mass is 413 g/mol. The number of para-hydroxylation sites is 2. The first kappa shape index (κ1) is 20.8. The lowest BCUT2D eigenvalue weighted by Gasteiger charge is -2.22. The summed E-state index contributed by atoms with van der Waals surface area (Å²) < 4.78 is 8.28. The van der Waals surface area contributed by atoms with E-state index in [1.54, 1.807) is 11.9 Å². The van der Waals surface area contributed by atoms with Gasteiger partial charge >= 0.3 is 0 Å². The molecule has 158 valence electrons. The Bertz CT molecular complexity index is 1100. The van der Waals surface area contributed by atoms with Crippen molar-refractivity contribution in [3.05, 3.63) is 102 Å². The van der Waals surface area contributed by atoms with Gasteiger partial charge in [-0.3, -0.25) is 4.79 Å². The molecule has 4 aromatic rings. The number of amides is 1. The zero-order valence-corrected chi connectivity index (χ0v) is 17.9. The van der Waals surface area contributed by atoms with Crippen molar-refractivity contribution in [3.63, 3.8) is 0 Å². The number of ether oxygens (including phenoxy) is 1. The summed E-state index contributed by atoms with van der Waals surface area (Å²) in [4.78, 5) is 19.3. The Morgan fingerprint density at radius 1 is 0.935 bits per heavy atom. The Hall–Kier alpha value is -3.44. The Labute approximate surface area is 182 Å². The molecule has 0 N–H and O–H groups in total. The summed E-state index contributed by atoms with van der Waals surface area (Å²) in [6, 6.07) is 28.0. The highest BCUT2D eigenvalue weighted by Gasteiger charge is 2.19. The first-order valence-corrected chi connectivity index (χ1v) is 10.6. The predicted octanol–water partition coefficient (Wildman–Crippen LogP) is 4.82. The third kappa shape index (κ3) is 4.67. The van der Waals surface area contributed by atoms with Crippen molar-refractivity contribution in [3.8, 4) is 0 Å². The third-order valence-electron chi connectivity index (χ3n) is 5.43. The van der Waals surface area contributed by atoms with Gasteiger partial charge in [0.2, 0.25) is 5.91 Å². The molecule has 5 nitrogen and oxygen atoms in total. The summed E-state index contributed by atoms with van der Waals surface area (Å²) in [6.45, 7) is 3.33. The van der Waals surface area contributed by atoms with Crippen molar-refractivity contribution in [2.45, 2.75) is 26.1 Å². The first-order valence-electron chi connectivity index (χ1n) is 10.6. The number of aryl methyl sites for hydroxylation is 1. The van der Waals surface area contributed by atoms with E-state index in [9.17, 15) is 4.79 Å². The maximum atomic E-state index is 12.9. The second-order valence-electron chi connectivity index (χ2n) is 7.52. The van der Waals surface area contributed by atoms with Crippen molar-refractivity contribution in [2.75, 3.05) is 13.7 Å². The molecule has 0 unspecified atom stereocenters. The summed E-state index contributed by atoms with van der Waals surface area (Å²) in [7, 11) is 1.80. The highest BCUT2D eigenvalue weighted by atomic mass is 16.5. The maximum absolute atomic E-state index is 12.9. The largest absolute Gasteiger partial charge is 0.359 e. The summed E-state index contributed by atoms with van der Waals surface area (Å²) in [5, 5.41) is 0. The van der Waals surface area contributed by atoms with Crippen LogP contribution >= 0.6 is 0 Å². The summed E-state index contributed by atoms with van der Waals surface area (Å²) in [5.41, 5.74) is 4.09. The molecular weight excluding hydrogens is 386 g/mol. The van der Waals surface area contributed by atoms with E-state index in [1.807, 2.05) is 78.9 Å². The van der Waals surface area contributed by atoms with E-state index in [2.05, 4.69) is 17.6 Å². The topological polar surface area (TPSA) is 47.4 Å². The van der Waals surface area contributed by atoms with Crippen LogP contribution in [0.4, 0.5) is 0 Å². The summed E-state index contributed by atoms with van der Waals surface area (Å²) in [5.74, 6) is 0.800. The van der Waals surface area contributed by atoms with Gasteiger partial charge in [0.25, 0.3) is 0 Å². The number of likely N-dealkylation sites (N-methyl/N-ethyl adjacent to an activating group) is 1. The third-order valence-corrected chi connectivity index (χ3v) is 5.43.